The zero-order valence-corrected chi connectivity index (χ0v) is 8.69. The SMILES string of the molecule is COCCNCC(=O)Nc1ccccn1. The maximum atomic E-state index is 11.3. The number of ether oxygens (including phenoxy) is 1. The van der Waals surface area contributed by atoms with Crippen LogP contribution in [0.15, 0.2) is 24.4 Å². The van der Waals surface area contributed by atoms with Crippen molar-refractivity contribution in [2.75, 3.05) is 32.1 Å². The number of nitrogens with zero attached hydrogens (tertiary/aromatic N) is 1. The number of carbonyl (C=O) groups excluding carboxylic acids is 1. The van der Waals surface area contributed by atoms with Crippen molar-refractivity contribution >= 4 is 11.7 Å². The number of methoxy groups -OCH3 is 1. The van der Waals surface area contributed by atoms with E-state index in [4.69, 9.17) is 4.74 Å². The summed E-state index contributed by atoms with van der Waals surface area (Å²) in [6.45, 7) is 1.52. The molecule has 0 aromatic carbocycles. The van der Waals surface area contributed by atoms with Gasteiger partial charge in [-0.2, -0.15) is 0 Å². The Labute approximate surface area is 88.9 Å². The number of amides is 1. The molecule has 0 spiro atoms. The second kappa shape index (κ2) is 6.92. The Morgan fingerprint density at radius 1 is 1.53 bits per heavy atom. The molecule has 1 rings (SSSR count). The van der Waals surface area contributed by atoms with Crippen LogP contribution in [0.5, 0.6) is 0 Å². The first kappa shape index (κ1) is 11.6. The largest absolute Gasteiger partial charge is 0.383 e. The summed E-state index contributed by atoms with van der Waals surface area (Å²) in [6, 6.07) is 5.36. The first-order chi connectivity index (χ1) is 7.33. The van der Waals surface area contributed by atoms with E-state index < -0.39 is 0 Å². The minimum absolute atomic E-state index is 0.107. The lowest BCUT2D eigenvalue weighted by Gasteiger charge is -2.05. The van der Waals surface area contributed by atoms with E-state index in [9.17, 15) is 4.79 Å². The van der Waals surface area contributed by atoms with Crippen molar-refractivity contribution in [2.45, 2.75) is 0 Å². The van der Waals surface area contributed by atoms with Gasteiger partial charge in [-0.05, 0) is 12.1 Å². The van der Waals surface area contributed by atoms with Gasteiger partial charge in [0.05, 0.1) is 13.2 Å². The molecule has 0 saturated carbocycles. The Hall–Kier alpha value is -1.46. The third-order valence-electron chi connectivity index (χ3n) is 1.70. The molecule has 0 radical (unpaired) electrons. The molecule has 1 aromatic heterocycles. The molecule has 0 aliphatic heterocycles. The van der Waals surface area contributed by atoms with Crippen LogP contribution in [0, 0.1) is 0 Å². The molecule has 0 fully saturated rings. The van der Waals surface area contributed by atoms with Crippen molar-refractivity contribution < 1.29 is 9.53 Å². The Morgan fingerprint density at radius 3 is 3.07 bits per heavy atom. The summed E-state index contributed by atoms with van der Waals surface area (Å²) in [6.07, 6.45) is 1.63. The van der Waals surface area contributed by atoms with Gasteiger partial charge in [0, 0.05) is 19.9 Å². The first-order valence-corrected chi connectivity index (χ1v) is 4.73. The highest BCUT2D eigenvalue weighted by atomic mass is 16.5. The Balaban J connectivity index is 2.19. The fourth-order valence-electron chi connectivity index (χ4n) is 1.000. The van der Waals surface area contributed by atoms with Crippen LogP contribution >= 0.6 is 0 Å². The van der Waals surface area contributed by atoms with Gasteiger partial charge in [-0.15, -0.1) is 0 Å². The molecule has 0 saturated heterocycles. The van der Waals surface area contributed by atoms with Gasteiger partial charge in [0.2, 0.25) is 5.91 Å². The van der Waals surface area contributed by atoms with E-state index in [1.165, 1.54) is 0 Å². The molecule has 0 bridgehead atoms. The van der Waals surface area contributed by atoms with Crippen molar-refractivity contribution in [2.24, 2.45) is 0 Å². The predicted octanol–water partition coefficient (Wildman–Crippen LogP) is 0.256. The number of rotatable bonds is 6. The van der Waals surface area contributed by atoms with Crippen LogP contribution in [0.3, 0.4) is 0 Å². The van der Waals surface area contributed by atoms with Gasteiger partial charge in [-0.25, -0.2) is 4.98 Å². The second-order valence-electron chi connectivity index (χ2n) is 2.93. The third kappa shape index (κ3) is 5.09. The van der Waals surface area contributed by atoms with Crippen LogP contribution in [0.2, 0.25) is 0 Å². The monoisotopic (exact) mass is 209 g/mol. The molecule has 1 heterocycles. The summed E-state index contributed by atoms with van der Waals surface area (Å²) in [5.41, 5.74) is 0. The van der Waals surface area contributed by atoms with Crippen LogP contribution in [0.25, 0.3) is 0 Å². The van der Waals surface area contributed by atoms with Crippen LogP contribution in [-0.2, 0) is 9.53 Å². The van der Waals surface area contributed by atoms with E-state index in [2.05, 4.69) is 15.6 Å². The maximum Gasteiger partial charge on any atom is 0.239 e. The summed E-state index contributed by atoms with van der Waals surface area (Å²) < 4.78 is 4.84. The number of hydrogen-bond donors (Lipinski definition) is 2. The van der Waals surface area contributed by atoms with Crippen molar-refractivity contribution in [3.63, 3.8) is 0 Å². The highest BCUT2D eigenvalue weighted by Gasteiger charge is 2.00. The van der Waals surface area contributed by atoms with Gasteiger partial charge in [-0.3, -0.25) is 4.79 Å². The number of aromatic nitrogens is 1. The lowest BCUT2D eigenvalue weighted by molar-refractivity contribution is -0.115. The van der Waals surface area contributed by atoms with Gasteiger partial charge in [0.25, 0.3) is 0 Å². The van der Waals surface area contributed by atoms with E-state index in [1.807, 2.05) is 6.07 Å². The maximum absolute atomic E-state index is 11.3. The highest BCUT2D eigenvalue weighted by Crippen LogP contribution is 1.98. The molecular weight excluding hydrogens is 194 g/mol. The fraction of sp³-hybridized carbons (Fsp3) is 0.400. The van der Waals surface area contributed by atoms with E-state index >= 15 is 0 Å². The third-order valence-corrected chi connectivity index (χ3v) is 1.70. The molecule has 15 heavy (non-hydrogen) atoms. The van der Waals surface area contributed by atoms with E-state index in [0.717, 1.165) is 0 Å². The lowest BCUT2D eigenvalue weighted by atomic mass is 10.4. The zero-order chi connectivity index (χ0) is 10.9. The first-order valence-electron chi connectivity index (χ1n) is 4.73. The molecular formula is C10H15N3O2. The average molecular weight is 209 g/mol. The zero-order valence-electron chi connectivity index (χ0n) is 8.69. The summed E-state index contributed by atoms with van der Waals surface area (Å²) in [4.78, 5) is 15.3. The molecule has 0 aliphatic rings. The van der Waals surface area contributed by atoms with Crippen molar-refractivity contribution in [1.82, 2.24) is 10.3 Å². The molecule has 82 valence electrons. The van der Waals surface area contributed by atoms with E-state index in [-0.39, 0.29) is 12.5 Å². The molecule has 0 atom stereocenters. The molecule has 0 unspecified atom stereocenters. The lowest BCUT2D eigenvalue weighted by Crippen LogP contribution is -2.30. The fourth-order valence-corrected chi connectivity index (χ4v) is 1.000. The van der Waals surface area contributed by atoms with Gasteiger partial charge >= 0.3 is 0 Å². The summed E-state index contributed by atoms with van der Waals surface area (Å²) >= 11 is 0. The Bertz CT molecular complexity index is 290. The topological polar surface area (TPSA) is 63.2 Å². The molecule has 2 N–H and O–H groups in total. The number of carbonyl (C=O) groups is 1. The summed E-state index contributed by atoms with van der Waals surface area (Å²) in [5, 5.41) is 5.61. The quantitative estimate of drug-likeness (QED) is 0.659. The summed E-state index contributed by atoms with van der Waals surface area (Å²) in [5.74, 6) is 0.459. The Kier molecular flexibility index (Phi) is 5.35. The minimum atomic E-state index is -0.107. The van der Waals surface area contributed by atoms with Crippen LogP contribution in [0.4, 0.5) is 5.82 Å². The van der Waals surface area contributed by atoms with Crippen LogP contribution in [0.1, 0.15) is 0 Å². The van der Waals surface area contributed by atoms with Gasteiger partial charge < -0.3 is 15.4 Å². The second-order valence-corrected chi connectivity index (χ2v) is 2.93. The number of nitrogens with one attached hydrogen (secondary N) is 2. The molecule has 5 nitrogen and oxygen atoms in total. The van der Waals surface area contributed by atoms with E-state index in [0.29, 0.717) is 19.0 Å². The molecule has 5 heteroatoms. The number of hydrogen-bond acceptors (Lipinski definition) is 4. The highest BCUT2D eigenvalue weighted by molar-refractivity contribution is 5.91. The summed E-state index contributed by atoms with van der Waals surface area (Å²) in [7, 11) is 1.62. The van der Waals surface area contributed by atoms with Gasteiger partial charge in [0.15, 0.2) is 0 Å². The molecule has 0 aliphatic carbocycles. The van der Waals surface area contributed by atoms with Crippen molar-refractivity contribution in [1.29, 1.82) is 0 Å². The van der Waals surface area contributed by atoms with Gasteiger partial charge in [-0.1, -0.05) is 6.07 Å². The van der Waals surface area contributed by atoms with Crippen LogP contribution in [-0.4, -0.2) is 37.7 Å². The number of anilines is 1. The molecule has 1 aromatic rings. The standard InChI is InChI=1S/C10H15N3O2/c1-15-7-6-11-8-10(14)13-9-4-2-3-5-12-9/h2-5,11H,6-8H2,1H3,(H,12,13,14). The Morgan fingerprint density at radius 2 is 2.40 bits per heavy atom. The van der Waals surface area contributed by atoms with Gasteiger partial charge in [0.1, 0.15) is 5.82 Å². The van der Waals surface area contributed by atoms with Crippen LogP contribution < -0.4 is 10.6 Å². The normalized spacial score (nSPS) is 9.93. The van der Waals surface area contributed by atoms with Crippen molar-refractivity contribution in [3.8, 4) is 0 Å². The number of pyridine rings is 1. The molecule has 1 amide bonds. The minimum Gasteiger partial charge on any atom is -0.383 e. The average Bonchev–Trinajstić information content (AvgIpc) is 2.26. The smallest absolute Gasteiger partial charge is 0.239 e. The van der Waals surface area contributed by atoms with Crippen molar-refractivity contribution in [3.05, 3.63) is 24.4 Å². The predicted molar refractivity (Wildman–Crippen MR) is 57.6 cm³/mol. The van der Waals surface area contributed by atoms with E-state index in [1.54, 1.807) is 25.4 Å².